The molecule has 0 aliphatic carbocycles. The number of hydrogen-bond acceptors (Lipinski definition) is 0. The molecular formula is C22H49ClN+. The summed E-state index contributed by atoms with van der Waals surface area (Å²) in [5.74, 6) is 0. The van der Waals surface area contributed by atoms with Crippen molar-refractivity contribution >= 4 is 12.4 Å². The van der Waals surface area contributed by atoms with E-state index in [1.807, 2.05) is 0 Å². The van der Waals surface area contributed by atoms with Gasteiger partial charge in [0, 0.05) is 0 Å². The molecule has 1 nitrogen and oxygen atoms in total. The van der Waals surface area contributed by atoms with Crippen molar-refractivity contribution in [2.45, 2.75) is 117 Å². The van der Waals surface area contributed by atoms with Gasteiger partial charge in [-0.05, 0) is 25.7 Å². The largest absolute Gasteiger partial charge is 0.328 e. The minimum absolute atomic E-state index is 0. The minimum atomic E-state index is 0. The molecule has 0 fully saturated rings. The van der Waals surface area contributed by atoms with E-state index in [2.05, 4.69) is 27.9 Å². The summed E-state index contributed by atoms with van der Waals surface area (Å²) in [7, 11) is 4.87. The van der Waals surface area contributed by atoms with Gasteiger partial charge in [0.25, 0.3) is 0 Å². The van der Waals surface area contributed by atoms with Crippen LogP contribution in [-0.4, -0.2) is 31.7 Å². The molecule has 0 heterocycles. The molecule has 24 heavy (non-hydrogen) atoms. The zero-order valence-electron chi connectivity index (χ0n) is 17.6. The summed E-state index contributed by atoms with van der Waals surface area (Å²) < 4.78 is 1.24. The number of nitrogens with zero attached hydrogens (tertiary/aromatic N) is 1. The number of quaternary nitrogens is 1. The quantitative estimate of drug-likeness (QED) is 0.172. The third-order valence-electron chi connectivity index (χ3n) is 5.23. The van der Waals surface area contributed by atoms with E-state index in [1.165, 1.54) is 120 Å². The van der Waals surface area contributed by atoms with Crippen LogP contribution in [0.1, 0.15) is 117 Å². The van der Waals surface area contributed by atoms with Gasteiger partial charge in [0.15, 0.2) is 0 Å². The molecule has 2 heteroatoms. The number of hydrogen-bond donors (Lipinski definition) is 0. The molecule has 0 saturated heterocycles. The summed E-state index contributed by atoms with van der Waals surface area (Å²) >= 11 is 0. The average Bonchev–Trinajstić information content (AvgIpc) is 2.52. The van der Waals surface area contributed by atoms with Crippen LogP contribution in [0.25, 0.3) is 0 Å². The lowest BCUT2D eigenvalue weighted by molar-refractivity contribution is -0.890. The number of unbranched alkanes of at least 4 members (excludes halogenated alkanes) is 14. The van der Waals surface area contributed by atoms with Crippen molar-refractivity contribution in [2.75, 3.05) is 27.2 Å². The Morgan fingerprint density at radius 3 is 0.958 bits per heavy atom. The summed E-state index contributed by atoms with van der Waals surface area (Å²) in [6, 6.07) is 0. The fourth-order valence-electron chi connectivity index (χ4n) is 3.46. The van der Waals surface area contributed by atoms with Crippen LogP contribution in [0.15, 0.2) is 0 Å². The van der Waals surface area contributed by atoms with Crippen molar-refractivity contribution in [2.24, 2.45) is 0 Å². The summed E-state index contributed by atoms with van der Waals surface area (Å²) in [6.45, 7) is 7.36. The first-order valence-electron chi connectivity index (χ1n) is 10.9. The molecule has 0 aromatic rings. The predicted octanol–water partition coefficient (Wildman–Crippen LogP) is 7.77. The lowest BCUT2D eigenvalue weighted by atomic mass is 10.1. The summed E-state index contributed by atoms with van der Waals surface area (Å²) in [5.41, 5.74) is 0. The van der Waals surface area contributed by atoms with Crippen LogP contribution >= 0.6 is 12.4 Å². The summed E-state index contributed by atoms with van der Waals surface area (Å²) in [4.78, 5) is 0. The summed E-state index contributed by atoms with van der Waals surface area (Å²) in [6.07, 6.45) is 23.0. The maximum Gasteiger partial charge on any atom is 0.0782 e. The van der Waals surface area contributed by atoms with E-state index < -0.39 is 0 Å². The van der Waals surface area contributed by atoms with Crippen molar-refractivity contribution in [1.82, 2.24) is 0 Å². The van der Waals surface area contributed by atoms with Crippen LogP contribution < -0.4 is 0 Å². The first-order chi connectivity index (χ1) is 11.1. The fourth-order valence-corrected chi connectivity index (χ4v) is 3.46. The lowest BCUT2D eigenvalue weighted by Gasteiger charge is -2.30. The van der Waals surface area contributed by atoms with Gasteiger partial charge in [-0.2, -0.15) is 0 Å². The highest BCUT2D eigenvalue weighted by Crippen LogP contribution is 2.13. The zero-order chi connectivity index (χ0) is 17.2. The number of rotatable bonds is 18. The van der Waals surface area contributed by atoms with Gasteiger partial charge in [0.2, 0.25) is 0 Å². The maximum absolute atomic E-state index is 2.43. The van der Waals surface area contributed by atoms with E-state index in [-0.39, 0.29) is 12.4 Å². The van der Waals surface area contributed by atoms with E-state index in [0.29, 0.717) is 0 Å². The van der Waals surface area contributed by atoms with Crippen molar-refractivity contribution in [3.05, 3.63) is 0 Å². The smallest absolute Gasteiger partial charge is 0.0782 e. The normalized spacial score (nSPS) is 11.5. The maximum atomic E-state index is 2.43. The van der Waals surface area contributed by atoms with Gasteiger partial charge in [-0.15, -0.1) is 12.4 Å². The first kappa shape index (κ1) is 26.5. The Morgan fingerprint density at radius 1 is 0.417 bits per heavy atom. The molecule has 0 aliphatic rings. The Morgan fingerprint density at radius 2 is 0.667 bits per heavy atom. The van der Waals surface area contributed by atoms with Gasteiger partial charge < -0.3 is 4.48 Å². The van der Waals surface area contributed by atoms with E-state index in [0.717, 1.165) is 0 Å². The molecule has 0 N–H and O–H groups in total. The standard InChI is InChI=1S/C22H48N.ClH/c1-5-7-9-11-13-15-17-19-21-23(3,4)22-20-18-16-14-12-10-8-6-2;/h5-22H2,1-4H3;1H/q+1;. The van der Waals surface area contributed by atoms with Crippen LogP contribution in [0.5, 0.6) is 0 Å². The van der Waals surface area contributed by atoms with Gasteiger partial charge in [0.05, 0.1) is 27.2 Å². The zero-order valence-corrected chi connectivity index (χ0v) is 18.4. The van der Waals surface area contributed by atoms with Gasteiger partial charge in [-0.3, -0.25) is 0 Å². The Hall–Kier alpha value is 0.250. The van der Waals surface area contributed by atoms with Crippen molar-refractivity contribution in [3.8, 4) is 0 Å². The Kier molecular flexibility index (Phi) is 21.6. The Balaban J connectivity index is 0. The van der Waals surface area contributed by atoms with E-state index >= 15 is 0 Å². The van der Waals surface area contributed by atoms with Gasteiger partial charge in [-0.1, -0.05) is 90.9 Å². The van der Waals surface area contributed by atoms with Crippen molar-refractivity contribution in [3.63, 3.8) is 0 Å². The van der Waals surface area contributed by atoms with Crippen LogP contribution in [0, 0.1) is 0 Å². The highest BCUT2D eigenvalue weighted by atomic mass is 35.5. The SMILES string of the molecule is CCCCCCCCCC[N+](C)(C)CCCCCCCCCC.Cl. The highest BCUT2D eigenvalue weighted by molar-refractivity contribution is 5.85. The molecule has 148 valence electrons. The van der Waals surface area contributed by atoms with Gasteiger partial charge >= 0.3 is 0 Å². The third kappa shape index (κ3) is 20.3. The highest BCUT2D eigenvalue weighted by Gasteiger charge is 2.13. The molecule has 0 aromatic heterocycles. The Bertz CT molecular complexity index is 206. The van der Waals surface area contributed by atoms with Gasteiger partial charge in [-0.25, -0.2) is 0 Å². The van der Waals surface area contributed by atoms with Gasteiger partial charge in [0.1, 0.15) is 0 Å². The predicted molar refractivity (Wildman–Crippen MR) is 114 cm³/mol. The third-order valence-corrected chi connectivity index (χ3v) is 5.23. The van der Waals surface area contributed by atoms with E-state index in [9.17, 15) is 0 Å². The minimum Gasteiger partial charge on any atom is -0.328 e. The molecule has 0 bridgehead atoms. The molecule has 0 amide bonds. The van der Waals surface area contributed by atoms with Crippen molar-refractivity contribution < 1.29 is 4.48 Å². The Labute approximate surface area is 161 Å². The van der Waals surface area contributed by atoms with Crippen LogP contribution in [0.3, 0.4) is 0 Å². The second kappa shape index (κ2) is 19.6. The molecule has 0 rings (SSSR count). The van der Waals surface area contributed by atoms with Crippen LogP contribution in [0.4, 0.5) is 0 Å². The summed E-state index contributed by atoms with van der Waals surface area (Å²) in [5, 5.41) is 0. The first-order valence-corrected chi connectivity index (χ1v) is 10.9. The van der Waals surface area contributed by atoms with Crippen LogP contribution in [0.2, 0.25) is 0 Å². The molecule has 0 atom stereocenters. The molecule has 0 saturated carbocycles. The fraction of sp³-hybridized carbons (Fsp3) is 1.00. The second-order valence-electron chi connectivity index (χ2n) is 8.33. The molecule has 0 spiro atoms. The molecule has 0 aliphatic heterocycles. The number of halogens is 1. The molecule has 0 unspecified atom stereocenters. The van der Waals surface area contributed by atoms with Crippen molar-refractivity contribution in [1.29, 1.82) is 0 Å². The topological polar surface area (TPSA) is 0 Å². The van der Waals surface area contributed by atoms with E-state index in [4.69, 9.17) is 0 Å². The molecular weight excluding hydrogens is 314 g/mol. The lowest BCUT2D eigenvalue weighted by Crippen LogP contribution is -2.41. The molecule has 0 radical (unpaired) electrons. The molecule has 0 aromatic carbocycles. The van der Waals surface area contributed by atoms with Crippen LogP contribution in [-0.2, 0) is 0 Å². The second-order valence-corrected chi connectivity index (χ2v) is 8.33. The monoisotopic (exact) mass is 362 g/mol. The van der Waals surface area contributed by atoms with E-state index in [1.54, 1.807) is 0 Å². The average molecular weight is 363 g/mol.